The first kappa shape index (κ1) is 35.5. The van der Waals surface area contributed by atoms with Gasteiger partial charge < -0.3 is 29.0 Å². The van der Waals surface area contributed by atoms with Gasteiger partial charge in [0.05, 0.1) is 35.3 Å². The molecule has 0 aromatic heterocycles. The zero-order valence-electron chi connectivity index (χ0n) is 28.1. The van der Waals surface area contributed by atoms with Crippen LogP contribution in [0, 0.1) is 5.92 Å². The highest BCUT2D eigenvalue weighted by molar-refractivity contribution is 7.92. The van der Waals surface area contributed by atoms with Gasteiger partial charge in [-0.2, -0.15) is 0 Å². The fourth-order valence-electron chi connectivity index (χ4n) is 5.99. The molecule has 0 fully saturated rings. The van der Waals surface area contributed by atoms with Crippen molar-refractivity contribution in [3.05, 3.63) is 77.9 Å². The van der Waals surface area contributed by atoms with Crippen LogP contribution in [0.25, 0.3) is 0 Å². The molecule has 0 bridgehead atoms. The summed E-state index contributed by atoms with van der Waals surface area (Å²) >= 11 is 0. The summed E-state index contributed by atoms with van der Waals surface area (Å²) in [5.41, 5.74) is 1.54. The number of fused-ring (bicyclic) bond motifs is 2. The van der Waals surface area contributed by atoms with Crippen LogP contribution in [0.5, 0.6) is 17.2 Å². The molecule has 11 nitrogen and oxygen atoms in total. The first-order valence-electron chi connectivity index (χ1n) is 16.5. The maximum absolute atomic E-state index is 14.4. The Labute approximate surface area is 283 Å². The van der Waals surface area contributed by atoms with Crippen LogP contribution >= 0.6 is 0 Å². The zero-order valence-corrected chi connectivity index (χ0v) is 28.9. The Morgan fingerprint density at radius 2 is 1.75 bits per heavy atom. The molecule has 2 N–H and O–H groups in total. The molecule has 0 aliphatic carbocycles. The van der Waals surface area contributed by atoms with Gasteiger partial charge in [0.2, 0.25) is 6.79 Å². The van der Waals surface area contributed by atoms with Gasteiger partial charge in [0.1, 0.15) is 5.75 Å². The van der Waals surface area contributed by atoms with Crippen LogP contribution in [-0.2, 0) is 21.3 Å². The van der Waals surface area contributed by atoms with Crippen molar-refractivity contribution in [2.75, 3.05) is 44.9 Å². The fraction of sp³-hybridized carbons (Fsp3) is 0.472. The first-order chi connectivity index (χ1) is 23.0. The topological polar surface area (TPSA) is 127 Å². The summed E-state index contributed by atoms with van der Waals surface area (Å²) in [4.78, 5) is 18.3. The summed E-state index contributed by atoms with van der Waals surface area (Å²) in [7, 11) is -1.85. The van der Waals surface area contributed by atoms with Crippen molar-refractivity contribution in [3.63, 3.8) is 0 Å². The minimum atomic E-state index is -3.90. The number of sulfonamides is 1. The lowest BCUT2D eigenvalue weighted by Crippen LogP contribution is -2.47. The molecular weight excluding hydrogens is 634 g/mol. The maximum Gasteiger partial charge on any atom is 0.261 e. The second-order valence-corrected chi connectivity index (χ2v) is 14.5. The van der Waals surface area contributed by atoms with Crippen LogP contribution in [0.3, 0.4) is 0 Å². The fourth-order valence-corrected chi connectivity index (χ4v) is 7.06. The van der Waals surface area contributed by atoms with Gasteiger partial charge in [-0.15, -0.1) is 0 Å². The number of aliphatic hydroxyl groups is 1. The van der Waals surface area contributed by atoms with Gasteiger partial charge in [-0.1, -0.05) is 31.2 Å². The number of benzene rings is 3. The van der Waals surface area contributed by atoms with Gasteiger partial charge >= 0.3 is 0 Å². The van der Waals surface area contributed by atoms with Crippen LogP contribution in [0.4, 0.5) is 5.69 Å². The van der Waals surface area contributed by atoms with Crippen molar-refractivity contribution in [3.8, 4) is 17.2 Å². The van der Waals surface area contributed by atoms with E-state index in [2.05, 4.69) is 16.5 Å². The van der Waals surface area contributed by atoms with E-state index in [0.29, 0.717) is 32.0 Å². The maximum atomic E-state index is 14.4. The molecule has 0 saturated heterocycles. The highest BCUT2D eigenvalue weighted by atomic mass is 32.2. The lowest BCUT2D eigenvalue weighted by Gasteiger charge is -2.36. The van der Waals surface area contributed by atoms with E-state index in [0.717, 1.165) is 36.3 Å². The largest absolute Gasteiger partial charge is 0.490 e. The molecule has 0 spiro atoms. The summed E-state index contributed by atoms with van der Waals surface area (Å²) in [5, 5.41) is 10.3. The molecule has 0 radical (unpaired) electrons. The van der Waals surface area contributed by atoms with Crippen molar-refractivity contribution in [1.82, 2.24) is 9.80 Å². The number of aliphatic hydroxyl groups excluding tert-OH is 1. The van der Waals surface area contributed by atoms with Gasteiger partial charge in [-0.05, 0) is 88.2 Å². The molecule has 0 unspecified atom stereocenters. The molecule has 48 heavy (non-hydrogen) atoms. The Morgan fingerprint density at radius 1 is 1.00 bits per heavy atom. The highest BCUT2D eigenvalue weighted by Crippen LogP contribution is 2.33. The number of ether oxygens (including phenoxy) is 4. The van der Waals surface area contributed by atoms with Crippen LogP contribution in [0.2, 0.25) is 0 Å². The van der Waals surface area contributed by atoms with Crippen molar-refractivity contribution in [2.24, 2.45) is 5.92 Å². The van der Waals surface area contributed by atoms with E-state index in [-0.39, 0.29) is 53.6 Å². The third-order valence-corrected chi connectivity index (χ3v) is 10.1. The normalized spacial score (nSPS) is 21.2. The monoisotopic (exact) mass is 681 g/mol. The molecule has 0 saturated carbocycles. The quantitative estimate of drug-likeness (QED) is 0.316. The number of nitrogens with one attached hydrogen (secondary N) is 1. The van der Waals surface area contributed by atoms with E-state index in [1.165, 1.54) is 18.2 Å². The Morgan fingerprint density at radius 3 is 2.52 bits per heavy atom. The average Bonchev–Trinajstić information content (AvgIpc) is 3.54. The van der Waals surface area contributed by atoms with Crippen molar-refractivity contribution < 1.29 is 37.3 Å². The summed E-state index contributed by atoms with van der Waals surface area (Å²) in [6, 6.07) is 18.3. The van der Waals surface area contributed by atoms with Crippen LogP contribution in [0.1, 0.15) is 56.0 Å². The number of anilines is 1. The lowest BCUT2D eigenvalue weighted by molar-refractivity contribution is -0.0177. The second-order valence-electron chi connectivity index (χ2n) is 12.8. The van der Waals surface area contributed by atoms with Crippen molar-refractivity contribution in [2.45, 2.75) is 69.7 Å². The highest BCUT2D eigenvalue weighted by Gasteiger charge is 2.31. The van der Waals surface area contributed by atoms with Gasteiger partial charge in [0.25, 0.3) is 15.9 Å². The predicted octanol–water partition coefficient (Wildman–Crippen LogP) is 5.14. The first-order valence-corrected chi connectivity index (χ1v) is 18.0. The number of hydrogen-bond donors (Lipinski definition) is 2. The van der Waals surface area contributed by atoms with E-state index in [4.69, 9.17) is 18.9 Å². The van der Waals surface area contributed by atoms with Gasteiger partial charge in [0, 0.05) is 37.8 Å². The summed E-state index contributed by atoms with van der Waals surface area (Å²) < 4.78 is 52.7. The molecular formula is C36H47N3O8S. The summed E-state index contributed by atoms with van der Waals surface area (Å²) in [6.07, 6.45) is 2.08. The SMILES string of the molecule is C[C@H](CO)N1C[C@H](C)[C@H](CN(C)Cc2ccc3c(c2)OCO3)OCCCC[C@H](C)Oc2ccc(NS(=O)(=O)c3ccccc3)cc2C1=O. The number of carbonyl (C=O) groups excluding carboxylic acids is 1. The van der Waals surface area contributed by atoms with E-state index in [9.17, 15) is 18.3 Å². The number of nitrogens with zero attached hydrogens (tertiary/aromatic N) is 2. The van der Waals surface area contributed by atoms with Gasteiger partial charge in [-0.3, -0.25) is 14.4 Å². The molecule has 12 heteroatoms. The Balaban J connectivity index is 1.40. The van der Waals surface area contributed by atoms with E-state index >= 15 is 0 Å². The lowest BCUT2D eigenvalue weighted by atomic mass is 10.0. The van der Waals surface area contributed by atoms with Crippen LogP contribution in [0.15, 0.2) is 71.6 Å². The number of hydrogen-bond acceptors (Lipinski definition) is 9. The minimum absolute atomic E-state index is 0.104. The molecule has 260 valence electrons. The number of amides is 1. The molecule has 2 aliphatic heterocycles. The Hall–Kier alpha value is -3.84. The van der Waals surface area contributed by atoms with Gasteiger partial charge in [-0.25, -0.2) is 8.42 Å². The summed E-state index contributed by atoms with van der Waals surface area (Å²) in [6.45, 7) is 7.94. The van der Waals surface area contributed by atoms with Crippen molar-refractivity contribution in [1.29, 1.82) is 0 Å². The van der Waals surface area contributed by atoms with E-state index < -0.39 is 16.1 Å². The van der Waals surface area contributed by atoms with Gasteiger partial charge in [0.15, 0.2) is 11.5 Å². The van der Waals surface area contributed by atoms with Crippen molar-refractivity contribution >= 4 is 21.6 Å². The minimum Gasteiger partial charge on any atom is -0.490 e. The number of carbonyl (C=O) groups is 1. The van der Waals surface area contributed by atoms with Crippen LogP contribution < -0.4 is 18.9 Å². The third kappa shape index (κ3) is 8.98. The summed E-state index contributed by atoms with van der Waals surface area (Å²) in [5.74, 6) is 1.38. The smallest absolute Gasteiger partial charge is 0.261 e. The standard InChI is InChI=1S/C36H47N3O8S/c1-25-20-39(26(2)23-40)36(41)31-19-29(37-48(42,43)30-11-6-5-7-12-30)14-16-32(31)47-27(3)10-8-9-17-44-35(25)22-38(4)21-28-13-15-33-34(18-28)46-24-45-33/h5-7,11-16,18-19,25-27,35,37,40H,8-10,17,20-24H2,1-4H3/t25-,26+,27-,35-/m0/s1. The third-order valence-electron chi connectivity index (χ3n) is 8.74. The zero-order chi connectivity index (χ0) is 34.3. The average molecular weight is 682 g/mol. The predicted molar refractivity (Wildman–Crippen MR) is 183 cm³/mol. The number of rotatable bonds is 9. The Kier molecular flexibility index (Phi) is 11.9. The molecule has 2 heterocycles. The second kappa shape index (κ2) is 16.0. The molecule has 4 atom stereocenters. The van der Waals surface area contributed by atoms with E-state index in [1.807, 2.05) is 32.2 Å². The molecule has 1 amide bonds. The number of likely N-dealkylation sites (N-methyl/N-ethyl adjacent to an activating group) is 1. The van der Waals surface area contributed by atoms with Crippen LogP contribution in [-0.4, -0.2) is 87.6 Å². The molecule has 2 aliphatic rings. The molecule has 5 rings (SSSR count). The Bertz CT molecular complexity index is 1640. The molecule has 3 aromatic carbocycles. The molecule has 3 aromatic rings. The van der Waals surface area contributed by atoms with E-state index in [1.54, 1.807) is 42.2 Å².